The van der Waals surface area contributed by atoms with Gasteiger partial charge in [-0.3, -0.25) is 4.98 Å². The summed E-state index contributed by atoms with van der Waals surface area (Å²) in [6, 6.07) is 7.12. The van der Waals surface area contributed by atoms with Gasteiger partial charge in [-0.1, -0.05) is 37.8 Å². The molecule has 1 aromatic carbocycles. The molecule has 1 heterocycles. The number of carbonyl (C=O) groups excluding carboxylic acids is 1. The van der Waals surface area contributed by atoms with Crippen molar-refractivity contribution in [2.45, 2.75) is 32.6 Å². The molecule has 0 N–H and O–H groups in total. The second-order valence-electron chi connectivity index (χ2n) is 5.01. The molecule has 1 aromatic heterocycles. The number of ether oxygens (including phenoxy) is 2. The lowest BCUT2D eigenvalue weighted by atomic mass is 10.2. The summed E-state index contributed by atoms with van der Waals surface area (Å²) in [6.07, 6.45) is 5.96. The van der Waals surface area contributed by atoms with Gasteiger partial charge in [0.1, 0.15) is 11.3 Å². The maximum absolute atomic E-state index is 11.7. The SMILES string of the molecule is CCCCCCOC(=O)COc1ccc(Cl)c2cccnc12. The molecule has 118 valence electrons. The van der Waals surface area contributed by atoms with Gasteiger partial charge in [0.25, 0.3) is 0 Å². The molecule has 0 saturated heterocycles. The van der Waals surface area contributed by atoms with Crippen molar-refractivity contribution in [1.82, 2.24) is 4.98 Å². The van der Waals surface area contributed by atoms with Crippen LogP contribution in [0.4, 0.5) is 0 Å². The van der Waals surface area contributed by atoms with Crippen molar-refractivity contribution < 1.29 is 14.3 Å². The number of hydrogen-bond donors (Lipinski definition) is 0. The normalized spacial score (nSPS) is 10.6. The summed E-state index contributed by atoms with van der Waals surface area (Å²) >= 11 is 6.11. The third kappa shape index (κ3) is 4.60. The molecule has 0 saturated carbocycles. The first-order valence-electron chi connectivity index (χ1n) is 7.54. The van der Waals surface area contributed by atoms with Crippen LogP contribution < -0.4 is 4.74 Å². The van der Waals surface area contributed by atoms with E-state index in [-0.39, 0.29) is 12.6 Å². The van der Waals surface area contributed by atoms with Gasteiger partial charge < -0.3 is 9.47 Å². The molecule has 5 heteroatoms. The van der Waals surface area contributed by atoms with Crippen LogP contribution in [0.5, 0.6) is 5.75 Å². The van der Waals surface area contributed by atoms with Crippen LogP contribution in [0, 0.1) is 0 Å². The van der Waals surface area contributed by atoms with Gasteiger partial charge in [0.15, 0.2) is 6.61 Å². The first-order valence-corrected chi connectivity index (χ1v) is 7.92. The van der Waals surface area contributed by atoms with E-state index in [9.17, 15) is 4.79 Å². The summed E-state index contributed by atoms with van der Waals surface area (Å²) in [5.74, 6) is 0.165. The molecule has 0 atom stereocenters. The molecule has 0 aliphatic carbocycles. The third-order valence-electron chi connectivity index (χ3n) is 3.29. The average Bonchev–Trinajstić information content (AvgIpc) is 2.54. The van der Waals surface area contributed by atoms with Gasteiger partial charge in [0.05, 0.1) is 11.6 Å². The van der Waals surface area contributed by atoms with Gasteiger partial charge in [-0.15, -0.1) is 0 Å². The average molecular weight is 322 g/mol. The Kier molecular flexibility index (Phi) is 6.46. The fourth-order valence-corrected chi connectivity index (χ4v) is 2.34. The van der Waals surface area contributed by atoms with E-state index in [1.54, 1.807) is 18.3 Å². The quantitative estimate of drug-likeness (QED) is 0.534. The van der Waals surface area contributed by atoms with Crippen molar-refractivity contribution in [3.63, 3.8) is 0 Å². The van der Waals surface area contributed by atoms with Crippen LogP contribution >= 0.6 is 11.6 Å². The number of rotatable bonds is 8. The molecule has 0 aliphatic rings. The van der Waals surface area contributed by atoms with Crippen molar-refractivity contribution >= 4 is 28.5 Å². The number of fused-ring (bicyclic) bond motifs is 1. The molecule has 22 heavy (non-hydrogen) atoms. The number of nitrogens with zero attached hydrogens (tertiary/aromatic N) is 1. The number of unbranched alkanes of at least 4 members (excludes halogenated alkanes) is 3. The summed E-state index contributed by atoms with van der Waals surface area (Å²) in [7, 11) is 0. The molecule has 0 aliphatic heterocycles. The van der Waals surface area contributed by atoms with E-state index in [0.717, 1.165) is 31.1 Å². The smallest absolute Gasteiger partial charge is 0.344 e. The number of pyridine rings is 1. The van der Waals surface area contributed by atoms with Crippen LogP contribution in [0.15, 0.2) is 30.5 Å². The van der Waals surface area contributed by atoms with Crippen molar-refractivity contribution in [3.05, 3.63) is 35.5 Å². The van der Waals surface area contributed by atoms with E-state index in [2.05, 4.69) is 11.9 Å². The van der Waals surface area contributed by atoms with Gasteiger partial charge in [0, 0.05) is 11.6 Å². The lowest BCUT2D eigenvalue weighted by Crippen LogP contribution is -2.15. The van der Waals surface area contributed by atoms with Crippen molar-refractivity contribution in [2.24, 2.45) is 0 Å². The molecule has 0 bridgehead atoms. The third-order valence-corrected chi connectivity index (χ3v) is 3.62. The van der Waals surface area contributed by atoms with Gasteiger partial charge in [0.2, 0.25) is 0 Å². The summed E-state index contributed by atoms with van der Waals surface area (Å²) in [5.41, 5.74) is 0.644. The Hall–Kier alpha value is -1.81. The summed E-state index contributed by atoms with van der Waals surface area (Å²) in [5, 5.41) is 1.41. The predicted octanol–water partition coefficient (Wildman–Crippen LogP) is 4.39. The Morgan fingerprint density at radius 3 is 2.91 bits per heavy atom. The van der Waals surface area contributed by atoms with Crippen molar-refractivity contribution in [1.29, 1.82) is 0 Å². The molecule has 0 radical (unpaired) electrons. The Morgan fingerprint density at radius 2 is 2.09 bits per heavy atom. The molecular weight excluding hydrogens is 302 g/mol. The predicted molar refractivity (Wildman–Crippen MR) is 87.3 cm³/mol. The topological polar surface area (TPSA) is 48.4 Å². The molecular formula is C17H20ClNO3. The summed E-state index contributed by atoms with van der Waals surface area (Å²) in [4.78, 5) is 15.9. The Bertz CT molecular complexity index is 630. The van der Waals surface area contributed by atoms with Gasteiger partial charge in [-0.25, -0.2) is 4.79 Å². The Labute approximate surface area is 135 Å². The highest BCUT2D eigenvalue weighted by Gasteiger charge is 2.09. The minimum absolute atomic E-state index is 0.124. The van der Waals surface area contributed by atoms with Crippen LogP contribution in [0.1, 0.15) is 32.6 Å². The highest BCUT2D eigenvalue weighted by molar-refractivity contribution is 6.35. The van der Waals surface area contributed by atoms with E-state index in [1.165, 1.54) is 0 Å². The number of esters is 1. The highest BCUT2D eigenvalue weighted by Crippen LogP contribution is 2.29. The van der Waals surface area contributed by atoms with Gasteiger partial charge in [-0.2, -0.15) is 0 Å². The second-order valence-corrected chi connectivity index (χ2v) is 5.42. The maximum Gasteiger partial charge on any atom is 0.344 e. The Morgan fingerprint density at radius 1 is 1.23 bits per heavy atom. The monoisotopic (exact) mass is 321 g/mol. The van der Waals surface area contributed by atoms with Gasteiger partial charge >= 0.3 is 5.97 Å². The first kappa shape index (κ1) is 16.6. The van der Waals surface area contributed by atoms with Crippen molar-refractivity contribution in [2.75, 3.05) is 13.2 Å². The zero-order valence-corrected chi connectivity index (χ0v) is 13.4. The van der Waals surface area contributed by atoms with Crippen LogP contribution in [0.2, 0.25) is 5.02 Å². The first-order chi connectivity index (χ1) is 10.7. The molecule has 2 aromatic rings. The lowest BCUT2D eigenvalue weighted by Gasteiger charge is -2.09. The minimum atomic E-state index is -0.365. The summed E-state index contributed by atoms with van der Waals surface area (Å²) in [6.45, 7) is 2.47. The van der Waals surface area contributed by atoms with E-state index in [1.807, 2.05) is 12.1 Å². The number of aromatic nitrogens is 1. The zero-order chi connectivity index (χ0) is 15.8. The molecule has 2 rings (SSSR count). The number of benzene rings is 1. The van der Waals surface area contributed by atoms with Crippen molar-refractivity contribution in [3.8, 4) is 5.75 Å². The largest absolute Gasteiger partial charge is 0.480 e. The highest BCUT2D eigenvalue weighted by atomic mass is 35.5. The molecule has 0 spiro atoms. The van der Waals surface area contributed by atoms with E-state index >= 15 is 0 Å². The van der Waals surface area contributed by atoms with E-state index in [0.29, 0.717) is 22.9 Å². The lowest BCUT2D eigenvalue weighted by molar-refractivity contribution is -0.146. The van der Waals surface area contributed by atoms with E-state index in [4.69, 9.17) is 21.1 Å². The van der Waals surface area contributed by atoms with Crippen LogP contribution in [0.25, 0.3) is 10.9 Å². The molecule has 0 unspecified atom stereocenters. The summed E-state index contributed by atoms with van der Waals surface area (Å²) < 4.78 is 10.7. The second kappa shape index (κ2) is 8.59. The maximum atomic E-state index is 11.7. The Balaban J connectivity index is 1.87. The van der Waals surface area contributed by atoms with Crippen LogP contribution in [0.3, 0.4) is 0 Å². The molecule has 4 nitrogen and oxygen atoms in total. The zero-order valence-electron chi connectivity index (χ0n) is 12.7. The van der Waals surface area contributed by atoms with Crippen LogP contribution in [-0.4, -0.2) is 24.2 Å². The fourth-order valence-electron chi connectivity index (χ4n) is 2.12. The fraction of sp³-hybridized carbons (Fsp3) is 0.412. The van der Waals surface area contributed by atoms with Crippen LogP contribution in [-0.2, 0) is 9.53 Å². The van der Waals surface area contributed by atoms with Gasteiger partial charge in [-0.05, 0) is 30.7 Å². The number of halogens is 1. The minimum Gasteiger partial charge on any atom is -0.480 e. The standard InChI is InChI=1S/C17H20ClNO3/c1-2-3-4-5-11-21-16(20)12-22-15-9-8-14(18)13-7-6-10-19-17(13)15/h6-10H,2-5,11-12H2,1H3. The molecule has 0 fully saturated rings. The number of hydrogen-bond acceptors (Lipinski definition) is 4. The molecule has 0 amide bonds. The number of carbonyl (C=O) groups is 1. The van der Waals surface area contributed by atoms with E-state index < -0.39 is 0 Å².